The molecule has 3 amide bonds. The van der Waals surface area contributed by atoms with Gasteiger partial charge in [0.05, 0.1) is 13.2 Å². The van der Waals surface area contributed by atoms with Gasteiger partial charge in [-0.15, -0.1) is 0 Å². The maximum Gasteiger partial charge on any atom is 0.345 e. The van der Waals surface area contributed by atoms with E-state index >= 15 is 0 Å². The van der Waals surface area contributed by atoms with Crippen molar-refractivity contribution in [2.75, 3.05) is 20.7 Å². The normalized spacial score (nSPS) is 23.3. The summed E-state index contributed by atoms with van der Waals surface area (Å²) in [6.07, 6.45) is 1.36. The van der Waals surface area contributed by atoms with Crippen molar-refractivity contribution in [3.05, 3.63) is 35.9 Å². The number of piperidine rings is 1. The van der Waals surface area contributed by atoms with Gasteiger partial charge >= 0.3 is 6.03 Å². The van der Waals surface area contributed by atoms with E-state index in [1.54, 1.807) is 11.9 Å². The van der Waals surface area contributed by atoms with Crippen molar-refractivity contribution in [3.8, 4) is 0 Å². The molecule has 7 heteroatoms. The van der Waals surface area contributed by atoms with Crippen molar-refractivity contribution in [2.24, 2.45) is 0 Å². The number of carbonyl (C=O) groups is 2. The first-order chi connectivity index (χ1) is 11.1. The molecule has 0 spiro atoms. The topological polar surface area (TPSA) is 62.3 Å². The van der Waals surface area contributed by atoms with Crippen LogP contribution in [0.3, 0.4) is 0 Å². The monoisotopic (exact) mass is 319 g/mol. The zero-order chi connectivity index (χ0) is 16.4. The molecule has 124 valence electrons. The van der Waals surface area contributed by atoms with Gasteiger partial charge in [-0.25, -0.2) is 9.86 Å². The SMILES string of the molecule is CON(C)C(=O)[C@@H]1CC[C@@H]2CN1C(=O)N2OCc1ccccc1. The number of amides is 3. The number of fused-ring (bicyclic) bond motifs is 2. The first-order valence-electron chi connectivity index (χ1n) is 7.70. The van der Waals surface area contributed by atoms with Gasteiger partial charge in [0.15, 0.2) is 0 Å². The van der Waals surface area contributed by atoms with Crippen LogP contribution in [0.1, 0.15) is 18.4 Å². The van der Waals surface area contributed by atoms with E-state index in [0.29, 0.717) is 19.6 Å². The van der Waals surface area contributed by atoms with Crippen molar-refractivity contribution in [1.82, 2.24) is 15.0 Å². The number of hydroxylamine groups is 4. The van der Waals surface area contributed by atoms with E-state index < -0.39 is 6.04 Å². The Hall–Kier alpha value is -2.12. The standard InChI is InChI=1S/C16H21N3O4/c1-17(22-2)15(20)14-9-8-13-10-18(14)16(21)19(13)23-11-12-6-4-3-5-7-12/h3-7,13-14H,8-11H2,1-2H3/t13-,14+/m1/s1. The van der Waals surface area contributed by atoms with Gasteiger partial charge in [0.2, 0.25) is 0 Å². The Morgan fingerprint density at radius 2 is 2.04 bits per heavy atom. The maximum atomic E-state index is 12.5. The lowest BCUT2D eigenvalue weighted by atomic mass is 10.0. The van der Waals surface area contributed by atoms with Crippen LogP contribution < -0.4 is 0 Å². The van der Waals surface area contributed by atoms with Crippen LogP contribution in [0.2, 0.25) is 0 Å². The molecule has 3 rings (SSSR count). The summed E-state index contributed by atoms with van der Waals surface area (Å²) in [7, 11) is 2.99. The fraction of sp³-hybridized carbons (Fsp3) is 0.500. The predicted octanol–water partition coefficient (Wildman–Crippen LogP) is 1.41. The number of carbonyl (C=O) groups excluding carboxylic acids is 2. The number of benzene rings is 1. The van der Waals surface area contributed by atoms with Crippen LogP contribution in [0.25, 0.3) is 0 Å². The van der Waals surface area contributed by atoms with Gasteiger partial charge in [-0.2, -0.15) is 5.06 Å². The maximum absolute atomic E-state index is 12.5. The Morgan fingerprint density at radius 1 is 1.30 bits per heavy atom. The number of urea groups is 1. The summed E-state index contributed by atoms with van der Waals surface area (Å²) in [5.41, 5.74) is 1.00. The van der Waals surface area contributed by atoms with Gasteiger partial charge in [0, 0.05) is 13.6 Å². The van der Waals surface area contributed by atoms with Crippen LogP contribution in [0.15, 0.2) is 30.3 Å². The van der Waals surface area contributed by atoms with Gasteiger partial charge in [0.1, 0.15) is 12.6 Å². The van der Waals surface area contributed by atoms with Gasteiger partial charge in [-0.05, 0) is 18.4 Å². The first kappa shape index (κ1) is 15.8. The molecule has 2 aliphatic heterocycles. The quantitative estimate of drug-likeness (QED) is 0.770. The highest BCUT2D eigenvalue weighted by Crippen LogP contribution is 2.31. The Labute approximate surface area is 135 Å². The molecule has 1 aromatic rings. The molecule has 7 nitrogen and oxygen atoms in total. The van der Waals surface area contributed by atoms with Crippen molar-refractivity contribution in [1.29, 1.82) is 0 Å². The average Bonchev–Trinajstić information content (AvgIpc) is 2.84. The van der Waals surface area contributed by atoms with Crippen LogP contribution in [0, 0.1) is 0 Å². The number of rotatable bonds is 5. The fourth-order valence-corrected chi connectivity index (χ4v) is 3.07. The van der Waals surface area contributed by atoms with E-state index in [1.807, 2.05) is 30.3 Å². The van der Waals surface area contributed by atoms with Crippen LogP contribution in [-0.4, -0.2) is 59.8 Å². The van der Waals surface area contributed by atoms with Crippen molar-refractivity contribution >= 4 is 11.9 Å². The van der Waals surface area contributed by atoms with E-state index in [0.717, 1.165) is 12.0 Å². The smallest absolute Gasteiger partial charge is 0.309 e. The lowest BCUT2D eigenvalue weighted by molar-refractivity contribution is -0.174. The zero-order valence-electron chi connectivity index (χ0n) is 13.3. The fourth-order valence-electron chi connectivity index (χ4n) is 3.07. The number of likely N-dealkylation sites (N-methyl/N-ethyl adjacent to an activating group) is 1. The Morgan fingerprint density at radius 3 is 2.74 bits per heavy atom. The largest absolute Gasteiger partial charge is 0.345 e. The first-order valence-corrected chi connectivity index (χ1v) is 7.70. The number of hydrogen-bond donors (Lipinski definition) is 0. The molecule has 0 aliphatic carbocycles. The molecule has 23 heavy (non-hydrogen) atoms. The third-order valence-electron chi connectivity index (χ3n) is 4.41. The third kappa shape index (κ3) is 3.02. The molecular weight excluding hydrogens is 298 g/mol. The van der Waals surface area contributed by atoms with Crippen molar-refractivity contribution in [3.63, 3.8) is 0 Å². The van der Waals surface area contributed by atoms with E-state index in [4.69, 9.17) is 9.68 Å². The second-order valence-corrected chi connectivity index (χ2v) is 5.79. The van der Waals surface area contributed by atoms with Crippen molar-refractivity contribution < 1.29 is 19.3 Å². The molecule has 2 fully saturated rings. The molecule has 2 heterocycles. The van der Waals surface area contributed by atoms with Crippen LogP contribution in [0.5, 0.6) is 0 Å². The van der Waals surface area contributed by atoms with E-state index in [2.05, 4.69) is 0 Å². The number of nitrogens with zero attached hydrogens (tertiary/aromatic N) is 3. The van der Waals surface area contributed by atoms with Gasteiger partial charge in [-0.3, -0.25) is 14.5 Å². The zero-order valence-corrected chi connectivity index (χ0v) is 13.3. The highest BCUT2D eigenvalue weighted by molar-refractivity contribution is 5.87. The molecule has 2 saturated heterocycles. The average molecular weight is 319 g/mol. The van der Waals surface area contributed by atoms with E-state index in [9.17, 15) is 9.59 Å². The van der Waals surface area contributed by atoms with Crippen LogP contribution in [0.4, 0.5) is 4.79 Å². The van der Waals surface area contributed by atoms with Gasteiger partial charge < -0.3 is 4.90 Å². The summed E-state index contributed by atoms with van der Waals surface area (Å²) >= 11 is 0. The third-order valence-corrected chi connectivity index (χ3v) is 4.41. The lowest BCUT2D eigenvalue weighted by Gasteiger charge is -2.31. The molecule has 1 aromatic carbocycles. The van der Waals surface area contributed by atoms with Gasteiger partial charge in [0.25, 0.3) is 5.91 Å². The number of hydrogen-bond acceptors (Lipinski definition) is 4. The Bertz CT molecular complexity index is 580. The summed E-state index contributed by atoms with van der Waals surface area (Å²) in [5.74, 6) is -0.204. The minimum Gasteiger partial charge on any atom is -0.309 e. The molecule has 2 bridgehead atoms. The highest BCUT2D eigenvalue weighted by Gasteiger charge is 2.48. The second-order valence-electron chi connectivity index (χ2n) is 5.79. The summed E-state index contributed by atoms with van der Waals surface area (Å²) in [5, 5.41) is 2.60. The predicted molar refractivity (Wildman–Crippen MR) is 81.8 cm³/mol. The molecule has 0 N–H and O–H groups in total. The summed E-state index contributed by atoms with van der Waals surface area (Å²) < 4.78 is 0. The van der Waals surface area contributed by atoms with Crippen LogP contribution in [-0.2, 0) is 21.1 Å². The Balaban J connectivity index is 1.65. The van der Waals surface area contributed by atoms with Gasteiger partial charge in [-0.1, -0.05) is 30.3 Å². The molecular formula is C16H21N3O4. The molecule has 0 unspecified atom stereocenters. The minimum atomic E-state index is -0.478. The molecule has 2 atom stereocenters. The summed E-state index contributed by atoms with van der Waals surface area (Å²) in [4.78, 5) is 37.1. The minimum absolute atomic E-state index is 0.00288. The summed E-state index contributed by atoms with van der Waals surface area (Å²) in [6, 6.07) is 8.98. The lowest BCUT2D eigenvalue weighted by Crippen LogP contribution is -2.49. The molecule has 2 aliphatic rings. The Kier molecular flexibility index (Phi) is 4.49. The molecule has 0 aromatic heterocycles. The van der Waals surface area contributed by atoms with E-state index in [1.165, 1.54) is 17.2 Å². The second kappa shape index (κ2) is 6.55. The highest BCUT2D eigenvalue weighted by atomic mass is 16.7. The molecule has 0 saturated carbocycles. The van der Waals surface area contributed by atoms with E-state index in [-0.39, 0.29) is 18.0 Å². The van der Waals surface area contributed by atoms with Crippen molar-refractivity contribution in [2.45, 2.75) is 31.5 Å². The summed E-state index contributed by atoms with van der Waals surface area (Å²) in [6.45, 7) is 0.856. The molecule has 0 radical (unpaired) electrons. The van der Waals surface area contributed by atoms with Crippen LogP contribution >= 0.6 is 0 Å².